The maximum atomic E-state index is 12.8. The van der Waals surface area contributed by atoms with Crippen molar-refractivity contribution >= 4 is 11.8 Å². The summed E-state index contributed by atoms with van der Waals surface area (Å²) in [6.07, 6.45) is 9.13. The maximum absolute atomic E-state index is 12.8. The lowest BCUT2D eigenvalue weighted by atomic mass is 9.73. The number of rotatable bonds is 3. The molecule has 3 aliphatic rings. The molecule has 1 aliphatic carbocycles. The Kier molecular flexibility index (Phi) is 4.24. The van der Waals surface area contributed by atoms with Crippen molar-refractivity contribution in [1.29, 1.82) is 0 Å². The second-order valence-electron chi connectivity index (χ2n) is 8.79. The molecule has 0 aromatic carbocycles. The van der Waals surface area contributed by atoms with Gasteiger partial charge in [0.05, 0.1) is 24.1 Å². The third-order valence-corrected chi connectivity index (χ3v) is 6.40. The van der Waals surface area contributed by atoms with Gasteiger partial charge in [-0.2, -0.15) is 0 Å². The third-order valence-electron chi connectivity index (χ3n) is 6.40. The molecule has 0 bridgehead atoms. The van der Waals surface area contributed by atoms with Crippen LogP contribution in [0.5, 0.6) is 0 Å². The second kappa shape index (κ2) is 6.32. The number of aryl methyl sites for hydroxylation is 1. The molecule has 140 valence electrons. The van der Waals surface area contributed by atoms with Crippen LogP contribution in [0.4, 0.5) is 0 Å². The average Bonchev–Trinajstić information content (AvgIpc) is 3.39. The number of carbonyl (C=O) groups excluding carboxylic acids is 2. The summed E-state index contributed by atoms with van der Waals surface area (Å²) in [7, 11) is 0. The van der Waals surface area contributed by atoms with E-state index in [0.29, 0.717) is 18.9 Å². The number of piperidine rings is 2. The van der Waals surface area contributed by atoms with E-state index in [1.54, 1.807) is 12.4 Å². The van der Waals surface area contributed by atoms with Gasteiger partial charge in [-0.1, -0.05) is 6.92 Å². The summed E-state index contributed by atoms with van der Waals surface area (Å²) < 4.78 is 0. The van der Waals surface area contributed by atoms with E-state index in [1.165, 1.54) is 0 Å². The lowest BCUT2D eigenvalue weighted by Crippen LogP contribution is -2.55. The Hall–Kier alpha value is -1.98. The molecule has 0 N–H and O–H groups in total. The Morgan fingerprint density at radius 1 is 1.15 bits per heavy atom. The van der Waals surface area contributed by atoms with Gasteiger partial charge in [0.25, 0.3) is 0 Å². The van der Waals surface area contributed by atoms with Crippen molar-refractivity contribution in [2.45, 2.75) is 58.9 Å². The van der Waals surface area contributed by atoms with Crippen LogP contribution in [0.25, 0.3) is 0 Å². The van der Waals surface area contributed by atoms with Crippen LogP contribution in [0.15, 0.2) is 12.4 Å². The largest absolute Gasteiger partial charge is 0.342 e. The van der Waals surface area contributed by atoms with E-state index in [2.05, 4.69) is 21.8 Å². The first-order valence-electron chi connectivity index (χ1n) is 9.74. The quantitative estimate of drug-likeness (QED) is 0.834. The van der Waals surface area contributed by atoms with Crippen molar-refractivity contribution in [3.05, 3.63) is 23.8 Å². The lowest BCUT2D eigenvalue weighted by molar-refractivity contribution is -0.146. The fraction of sp³-hybridized carbons (Fsp3) is 0.700. The van der Waals surface area contributed by atoms with Crippen molar-refractivity contribution in [3.8, 4) is 0 Å². The van der Waals surface area contributed by atoms with E-state index < -0.39 is 0 Å². The molecule has 1 aromatic rings. The molecule has 1 atom stereocenters. The smallest absolute Gasteiger partial charge is 0.228 e. The maximum Gasteiger partial charge on any atom is 0.228 e. The molecule has 26 heavy (non-hydrogen) atoms. The molecular formula is C20H28N4O2. The summed E-state index contributed by atoms with van der Waals surface area (Å²) in [6.45, 7) is 6.90. The summed E-state index contributed by atoms with van der Waals surface area (Å²) in [4.78, 5) is 38.0. The highest BCUT2D eigenvalue weighted by molar-refractivity contribution is 5.85. The number of hydrogen-bond acceptors (Lipinski definition) is 4. The summed E-state index contributed by atoms with van der Waals surface area (Å²) in [5.74, 6) is 0.514. The zero-order chi connectivity index (χ0) is 18.4. The summed E-state index contributed by atoms with van der Waals surface area (Å²) >= 11 is 0. The summed E-state index contributed by atoms with van der Waals surface area (Å²) in [5, 5.41) is 0. The molecule has 3 heterocycles. The summed E-state index contributed by atoms with van der Waals surface area (Å²) in [5.41, 5.74) is 1.64. The first-order chi connectivity index (χ1) is 12.4. The Balaban J connectivity index is 1.46. The van der Waals surface area contributed by atoms with E-state index in [-0.39, 0.29) is 16.7 Å². The van der Waals surface area contributed by atoms with Gasteiger partial charge in [0.15, 0.2) is 0 Å². The topological polar surface area (TPSA) is 66.4 Å². The van der Waals surface area contributed by atoms with E-state index in [9.17, 15) is 9.59 Å². The molecule has 1 aromatic heterocycles. The van der Waals surface area contributed by atoms with Crippen molar-refractivity contribution in [1.82, 2.24) is 19.8 Å². The van der Waals surface area contributed by atoms with Gasteiger partial charge in [-0.05, 0) is 39.0 Å². The molecule has 2 aliphatic heterocycles. The highest BCUT2D eigenvalue weighted by Gasteiger charge is 2.50. The Labute approximate surface area is 155 Å². The van der Waals surface area contributed by atoms with Gasteiger partial charge in [-0.25, -0.2) is 0 Å². The van der Waals surface area contributed by atoms with Crippen LogP contribution >= 0.6 is 0 Å². The van der Waals surface area contributed by atoms with Gasteiger partial charge in [-0.15, -0.1) is 0 Å². The molecule has 6 heteroatoms. The minimum Gasteiger partial charge on any atom is -0.342 e. The van der Waals surface area contributed by atoms with Crippen molar-refractivity contribution in [2.24, 2.45) is 10.8 Å². The molecule has 1 saturated carbocycles. The standard InChI is InChI=1S/C20H28N4O2/c1-15-10-22-16(11-21-15)12-24-14-20(6-4-17(24)25)5-3-9-23(13-20)18(26)19(2)7-8-19/h10-11H,3-9,12-14H2,1-2H3. The monoisotopic (exact) mass is 356 g/mol. The number of likely N-dealkylation sites (tertiary alicyclic amines) is 2. The minimum absolute atomic E-state index is 0.0468. The van der Waals surface area contributed by atoms with Crippen molar-refractivity contribution < 1.29 is 9.59 Å². The molecule has 2 amide bonds. The Morgan fingerprint density at radius 2 is 1.96 bits per heavy atom. The van der Waals surface area contributed by atoms with Gasteiger partial charge in [0, 0.05) is 43.1 Å². The zero-order valence-corrected chi connectivity index (χ0v) is 15.8. The van der Waals surface area contributed by atoms with Gasteiger partial charge in [-0.3, -0.25) is 19.6 Å². The fourth-order valence-corrected chi connectivity index (χ4v) is 4.44. The molecule has 1 unspecified atom stereocenters. The zero-order valence-electron chi connectivity index (χ0n) is 15.8. The van der Waals surface area contributed by atoms with E-state index in [4.69, 9.17) is 0 Å². The number of amides is 2. The van der Waals surface area contributed by atoms with Crippen LogP contribution < -0.4 is 0 Å². The number of aromatic nitrogens is 2. The molecule has 4 rings (SSSR count). The van der Waals surface area contributed by atoms with Crippen LogP contribution in [0.1, 0.15) is 56.8 Å². The van der Waals surface area contributed by atoms with Crippen LogP contribution in [0, 0.1) is 17.8 Å². The molecule has 2 saturated heterocycles. The van der Waals surface area contributed by atoms with E-state index >= 15 is 0 Å². The minimum atomic E-state index is -0.111. The normalized spacial score (nSPS) is 27.7. The first-order valence-corrected chi connectivity index (χ1v) is 9.74. The fourth-order valence-electron chi connectivity index (χ4n) is 4.44. The summed E-state index contributed by atoms with van der Waals surface area (Å²) in [6, 6.07) is 0. The SMILES string of the molecule is Cc1cnc(CN2CC3(CCCN(C(=O)C4(C)CC4)C3)CCC2=O)cn1. The van der Waals surface area contributed by atoms with Crippen LogP contribution in [-0.2, 0) is 16.1 Å². The Bertz CT molecular complexity index is 713. The van der Waals surface area contributed by atoms with Crippen molar-refractivity contribution in [2.75, 3.05) is 19.6 Å². The third kappa shape index (κ3) is 3.33. The predicted molar refractivity (Wildman–Crippen MR) is 97.0 cm³/mol. The molecule has 0 radical (unpaired) electrons. The van der Waals surface area contributed by atoms with Crippen LogP contribution in [0.3, 0.4) is 0 Å². The van der Waals surface area contributed by atoms with Crippen LogP contribution in [0.2, 0.25) is 0 Å². The van der Waals surface area contributed by atoms with Gasteiger partial charge in [0.2, 0.25) is 11.8 Å². The molecule has 1 spiro atoms. The van der Waals surface area contributed by atoms with E-state index in [0.717, 1.165) is 63.1 Å². The first kappa shape index (κ1) is 17.4. The molecular weight excluding hydrogens is 328 g/mol. The molecule has 3 fully saturated rings. The highest BCUT2D eigenvalue weighted by atomic mass is 16.2. The number of nitrogens with zero attached hydrogens (tertiary/aromatic N) is 4. The van der Waals surface area contributed by atoms with E-state index in [1.807, 2.05) is 11.8 Å². The highest BCUT2D eigenvalue weighted by Crippen LogP contribution is 2.48. The van der Waals surface area contributed by atoms with Gasteiger partial charge in [0.1, 0.15) is 0 Å². The van der Waals surface area contributed by atoms with Gasteiger partial charge >= 0.3 is 0 Å². The van der Waals surface area contributed by atoms with Gasteiger partial charge < -0.3 is 9.80 Å². The predicted octanol–water partition coefficient (Wildman–Crippen LogP) is 2.32. The Morgan fingerprint density at radius 3 is 2.65 bits per heavy atom. The lowest BCUT2D eigenvalue weighted by Gasteiger charge is -2.48. The van der Waals surface area contributed by atoms with Crippen molar-refractivity contribution in [3.63, 3.8) is 0 Å². The second-order valence-corrected chi connectivity index (χ2v) is 8.79. The number of carbonyl (C=O) groups is 2. The number of hydrogen-bond donors (Lipinski definition) is 0. The molecule has 6 nitrogen and oxygen atoms in total. The average molecular weight is 356 g/mol. The van der Waals surface area contributed by atoms with Crippen LogP contribution in [-0.4, -0.2) is 51.2 Å².